The van der Waals surface area contributed by atoms with E-state index in [4.69, 9.17) is 5.11 Å². The van der Waals surface area contributed by atoms with Gasteiger partial charge in [0.1, 0.15) is 0 Å². The number of rotatable bonds is 4. The first-order valence-electron chi connectivity index (χ1n) is 6.29. The third-order valence-electron chi connectivity index (χ3n) is 3.55. The topological polar surface area (TPSA) is 45.5 Å². The fourth-order valence-corrected chi connectivity index (χ4v) is 3.41. The molecule has 0 atom stereocenters. The van der Waals surface area contributed by atoms with Gasteiger partial charge in [0.2, 0.25) is 0 Å². The Balaban J connectivity index is 2.02. The van der Waals surface area contributed by atoms with Crippen LogP contribution in [0.15, 0.2) is 6.07 Å². The van der Waals surface area contributed by atoms with Crippen molar-refractivity contribution in [3.05, 3.63) is 23.0 Å². The number of hydrogen-bond acceptors (Lipinski definition) is 3. The molecule has 0 spiro atoms. The highest BCUT2D eigenvalue weighted by Gasteiger charge is 2.16. The van der Waals surface area contributed by atoms with E-state index >= 15 is 0 Å². The lowest BCUT2D eigenvalue weighted by atomic mass is 10.2. The molecule has 0 radical (unpaired) electrons. The van der Waals surface area contributed by atoms with Gasteiger partial charge in [-0.3, -0.25) is 4.90 Å². The molecule has 1 aromatic rings. The maximum atomic E-state index is 11.1. The molecule has 2 heterocycles. The van der Waals surface area contributed by atoms with Crippen molar-refractivity contribution < 1.29 is 9.90 Å². The lowest BCUT2D eigenvalue weighted by Gasteiger charge is -2.26. The minimum atomic E-state index is -0.830. The number of aromatic carboxylic acids is 1. The van der Waals surface area contributed by atoms with Crippen molar-refractivity contribution >= 4 is 17.7 Å². The largest absolute Gasteiger partial charge is 0.478 e. The van der Waals surface area contributed by atoms with E-state index < -0.39 is 5.97 Å². The summed E-state index contributed by atoms with van der Waals surface area (Å²) in [6.07, 6.45) is 0. The first kappa shape index (κ1) is 13.5. The standard InChI is InChI=1S/C13H20N2O2S/c1-10-9-12(13(16)17)11(2)15(10)4-3-14-5-7-18-8-6-14/h9H,3-8H2,1-2H3,(H,16,17). The summed E-state index contributed by atoms with van der Waals surface area (Å²) in [7, 11) is 0. The van der Waals surface area contributed by atoms with Crippen LogP contribution in [0.2, 0.25) is 0 Å². The highest BCUT2D eigenvalue weighted by atomic mass is 32.2. The molecule has 0 unspecified atom stereocenters. The molecule has 100 valence electrons. The van der Waals surface area contributed by atoms with Gasteiger partial charge in [0, 0.05) is 49.1 Å². The van der Waals surface area contributed by atoms with Gasteiger partial charge in [-0.15, -0.1) is 0 Å². The van der Waals surface area contributed by atoms with Crippen molar-refractivity contribution in [3.8, 4) is 0 Å². The SMILES string of the molecule is Cc1cc(C(=O)O)c(C)n1CCN1CCSCC1. The Morgan fingerprint density at radius 2 is 2.00 bits per heavy atom. The third-order valence-corrected chi connectivity index (χ3v) is 4.49. The van der Waals surface area contributed by atoms with Gasteiger partial charge in [0.05, 0.1) is 5.56 Å². The molecule has 1 N–H and O–H groups in total. The first-order chi connectivity index (χ1) is 8.59. The van der Waals surface area contributed by atoms with Crippen LogP contribution < -0.4 is 0 Å². The van der Waals surface area contributed by atoms with Crippen LogP contribution in [0.25, 0.3) is 0 Å². The predicted octanol–water partition coefficient (Wildman–Crippen LogP) is 1.85. The van der Waals surface area contributed by atoms with Gasteiger partial charge >= 0.3 is 5.97 Å². The van der Waals surface area contributed by atoms with Gasteiger partial charge in [-0.2, -0.15) is 11.8 Å². The molecule has 0 amide bonds. The van der Waals surface area contributed by atoms with Gasteiger partial charge in [0.25, 0.3) is 0 Å². The van der Waals surface area contributed by atoms with Crippen molar-refractivity contribution in [1.29, 1.82) is 0 Å². The first-order valence-corrected chi connectivity index (χ1v) is 7.45. The smallest absolute Gasteiger partial charge is 0.337 e. The third kappa shape index (κ3) is 2.90. The molecule has 1 aliphatic heterocycles. The van der Waals surface area contributed by atoms with E-state index in [0.29, 0.717) is 5.56 Å². The molecule has 5 heteroatoms. The van der Waals surface area contributed by atoms with E-state index in [1.165, 1.54) is 11.5 Å². The van der Waals surface area contributed by atoms with E-state index in [2.05, 4.69) is 9.47 Å². The summed E-state index contributed by atoms with van der Waals surface area (Å²) in [5.41, 5.74) is 2.34. The molecular weight excluding hydrogens is 248 g/mol. The second-order valence-electron chi connectivity index (χ2n) is 4.70. The summed E-state index contributed by atoms with van der Waals surface area (Å²) in [5.74, 6) is 1.59. The molecular formula is C13H20N2O2S. The molecule has 0 bridgehead atoms. The summed E-state index contributed by atoms with van der Waals surface area (Å²) < 4.78 is 2.12. The van der Waals surface area contributed by atoms with Crippen LogP contribution in [-0.2, 0) is 6.54 Å². The Kier molecular flexibility index (Phi) is 4.35. The van der Waals surface area contributed by atoms with E-state index in [1.807, 2.05) is 25.6 Å². The van der Waals surface area contributed by atoms with Gasteiger partial charge in [-0.05, 0) is 19.9 Å². The average Bonchev–Trinajstić information content (AvgIpc) is 2.64. The van der Waals surface area contributed by atoms with E-state index in [1.54, 1.807) is 6.07 Å². The Bertz CT molecular complexity index is 436. The molecule has 0 aromatic carbocycles. The van der Waals surface area contributed by atoms with Crippen molar-refractivity contribution in [1.82, 2.24) is 9.47 Å². The van der Waals surface area contributed by atoms with Crippen molar-refractivity contribution in [2.75, 3.05) is 31.1 Å². The van der Waals surface area contributed by atoms with Gasteiger partial charge in [-0.25, -0.2) is 4.79 Å². The van der Waals surface area contributed by atoms with Crippen LogP contribution >= 0.6 is 11.8 Å². The average molecular weight is 268 g/mol. The van der Waals surface area contributed by atoms with Crippen LogP contribution in [0.1, 0.15) is 21.7 Å². The van der Waals surface area contributed by atoms with Gasteiger partial charge in [0.15, 0.2) is 0 Å². The number of hydrogen-bond donors (Lipinski definition) is 1. The number of nitrogens with zero attached hydrogens (tertiary/aromatic N) is 2. The van der Waals surface area contributed by atoms with Gasteiger partial charge in [-0.1, -0.05) is 0 Å². The minimum absolute atomic E-state index is 0.432. The lowest BCUT2D eigenvalue weighted by molar-refractivity contribution is 0.0696. The summed E-state index contributed by atoms with van der Waals surface area (Å²) >= 11 is 2.01. The Labute approximate surface area is 112 Å². The predicted molar refractivity (Wildman–Crippen MR) is 74.6 cm³/mol. The van der Waals surface area contributed by atoms with Crippen LogP contribution in [-0.4, -0.2) is 51.7 Å². The number of thioether (sulfide) groups is 1. The lowest BCUT2D eigenvalue weighted by Crippen LogP contribution is -2.35. The second kappa shape index (κ2) is 5.80. The molecule has 0 aliphatic carbocycles. The highest BCUT2D eigenvalue weighted by Crippen LogP contribution is 2.16. The maximum absolute atomic E-state index is 11.1. The number of carboxylic acids is 1. The van der Waals surface area contributed by atoms with E-state index in [0.717, 1.165) is 37.6 Å². The molecule has 1 aliphatic rings. The van der Waals surface area contributed by atoms with Gasteiger partial charge < -0.3 is 9.67 Å². The van der Waals surface area contributed by atoms with E-state index in [9.17, 15) is 4.79 Å². The van der Waals surface area contributed by atoms with Crippen LogP contribution in [0, 0.1) is 13.8 Å². The normalized spacial score (nSPS) is 17.0. The Morgan fingerprint density at radius 3 is 2.56 bits per heavy atom. The fourth-order valence-electron chi connectivity index (χ4n) is 2.43. The number of carbonyl (C=O) groups is 1. The summed E-state index contributed by atoms with van der Waals surface area (Å²) in [4.78, 5) is 13.5. The fraction of sp³-hybridized carbons (Fsp3) is 0.615. The molecule has 1 saturated heterocycles. The monoisotopic (exact) mass is 268 g/mol. The zero-order valence-electron chi connectivity index (χ0n) is 11.0. The summed E-state index contributed by atoms with van der Waals surface area (Å²) in [6, 6.07) is 1.77. The zero-order valence-corrected chi connectivity index (χ0v) is 11.8. The summed E-state index contributed by atoms with van der Waals surface area (Å²) in [5, 5.41) is 9.09. The molecule has 2 rings (SSSR count). The minimum Gasteiger partial charge on any atom is -0.478 e. The zero-order chi connectivity index (χ0) is 13.1. The molecule has 0 saturated carbocycles. The summed E-state index contributed by atoms with van der Waals surface area (Å²) in [6.45, 7) is 8.06. The molecule has 1 aromatic heterocycles. The Morgan fingerprint density at radius 1 is 1.33 bits per heavy atom. The second-order valence-corrected chi connectivity index (χ2v) is 5.92. The van der Waals surface area contributed by atoms with Crippen molar-refractivity contribution in [3.63, 3.8) is 0 Å². The molecule has 1 fully saturated rings. The van der Waals surface area contributed by atoms with Crippen LogP contribution in [0.5, 0.6) is 0 Å². The Hall–Kier alpha value is -0.940. The number of aromatic nitrogens is 1. The molecule has 4 nitrogen and oxygen atoms in total. The molecule has 18 heavy (non-hydrogen) atoms. The maximum Gasteiger partial charge on any atom is 0.337 e. The number of carboxylic acid groups (broad SMARTS) is 1. The quantitative estimate of drug-likeness (QED) is 0.905. The van der Waals surface area contributed by atoms with Crippen LogP contribution in [0.4, 0.5) is 0 Å². The van der Waals surface area contributed by atoms with Crippen molar-refractivity contribution in [2.45, 2.75) is 20.4 Å². The van der Waals surface area contributed by atoms with E-state index in [-0.39, 0.29) is 0 Å². The van der Waals surface area contributed by atoms with Crippen LogP contribution in [0.3, 0.4) is 0 Å². The van der Waals surface area contributed by atoms with Crippen molar-refractivity contribution in [2.24, 2.45) is 0 Å². The highest BCUT2D eigenvalue weighted by molar-refractivity contribution is 7.99. The number of aryl methyl sites for hydroxylation is 1.